The normalized spacial score (nSPS) is 13.4. The van der Waals surface area contributed by atoms with Crippen LogP contribution in [0.3, 0.4) is 0 Å². The van der Waals surface area contributed by atoms with Gasteiger partial charge in [0.25, 0.3) is 5.71 Å². The number of oxazole rings is 1. The third kappa shape index (κ3) is 2.66. The molecule has 2 heterocycles. The van der Waals surface area contributed by atoms with Crippen LogP contribution in [-0.2, 0) is 7.05 Å². The van der Waals surface area contributed by atoms with E-state index in [1.807, 2.05) is 67.1 Å². The molecular formula is C26H17N3O3. The van der Waals surface area contributed by atoms with Crippen molar-refractivity contribution in [2.45, 2.75) is 6.92 Å². The Labute approximate surface area is 182 Å². The maximum Gasteiger partial charge on any atom is 0.267 e. The number of aryl methyl sites for hydroxylation is 2. The number of benzene rings is 3. The van der Waals surface area contributed by atoms with Gasteiger partial charge in [0, 0.05) is 29.8 Å². The van der Waals surface area contributed by atoms with Crippen LogP contribution in [0.5, 0.6) is 0 Å². The number of hydrogen-bond donors (Lipinski definition) is 0. The topological polar surface area (TPSA) is 78.0 Å². The standard InChI is InChI=1S/C26H17N3O3/c1-14-7-9-15(10-8-14)24-28-26-25(29(24)2)27-21(32-26)13-20-22(30)18-11-16-5-3-4-6-17(16)12-19(18)23(20)31/h3-13H,1-2H3. The molecule has 0 amide bonds. The minimum Gasteiger partial charge on any atom is -0.417 e. The largest absolute Gasteiger partial charge is 0.417 e. The van der Waals surface area contributed by atoms with Crippen LogP contribution in [0.4, 0.5) is 0 Å². The van der Waals surface area contributed by atoms with Gasteiger partial charge in [-0.15, -0.1) is 0 Å². The van der Waals surface area contributed by atoms with Crippen LogP contribution in [0.15, 0.2) is 70.7 Å². The van der Waals surface area contributed by atoms with Crippen molar-refractivity contribution < 1.29 is 14.0 Å². The van der Waals surface area contributed by atoms with Crippen molar-refractivity contribution in [1.82, 2.24) is 14.5 Å². The van der Waals surface area contributed by atoms with Crippen molar-refractivity contribution in [2.24, 2.45) is 7.05 Å². The number of hydrogen-bond acceptors (Lipinski definition) is 5. The molecule has 0 N–H and O–H groups in total. The summed E-state index contributed by atoms with van der Waals surface area (Å²) >= 11 is 0. The number of carbonyl (C=O) groups is 2. The lowest BCUT2D eigenvalue weighted by atomic mass is 10.0. The Balaban J connectivity index is 1.40. The number of aromatic nitrogens is 3. The molecule has 2 aromatic heterocycles. The molecule has 0 atom stereocenters. The Morgan fingerprint density at radius 1 is 0.875 bits per heavy atom. The first-order valence-electron chi connectivity index (χ1n) is 10.2. The van der Waals surface area contributed by atoms with E-state index in [0.29, 0.717) is 22.5 Å². The van der Waals surface area contributed by atoms with Crippen LogP contribution in [0.2, 0.25) is 0 Å². The number of rotatable bonds is 2. The highest BCUT2D eigenvalue weighted by atomic mass is 16.4. The fourth-order valence-corrected chi connectivity index (χ4v) is 4.17. The predicted molar refractivity (Wildman–Crippen MR) is 122 cm³/mol. The van der Waals surface area contributed by atoms with Crippen LogP contribution in [-0.4, -0.2) is 26.1 Å². The van der Waals surface area contributed by atoms with Crippen molar-refractivity contribution in [1.29, 1.82) is 0 Å². The Hall–Kier alpha value is -4.32. The van der Waals surface area contributed by atoms with Crippen LogP contribution >= 0.6 is 0 Å². The van der Waals surface area contributed by atoms with Crippen LogP contribution in [0, 0.1) is 6.92 Å². The van der Waals surface area contributed by atoms with Gasteiger partial charge in [0.05, 0.1) is 5.57 Å². The van der Waals surface area contributed by atoms with Crippen molar-refractivity contribution in [3.63, 3.8) is 0 Å². The number of nitrogens with zero attached hydrogens (tertiary/aromatic N) is 3. The lowest BCUT2D eigenvalue weighted by Crippen LogP contribution is -2.00. The van der Waals surface area contributed by atoms with Gasteiger partial charge in [0.15, 0.2) is 11.6 Å². The first-order valence-corrected chi connectivity index (χ1v) is 10.2. The maximum atomic E-state index is 13.0. The highest BCUT2D eigenvalue weighted by Crippen LogP contribution is 2.32. The van der Waals surface area contributed by atoms with E-state index in [1.54, 1.807) is 12.1 Å². The van der Waals surface area contributed by atoms with E-state index in [2.05, 4.69) is 9.97 Å². The summed E-state index contributed by atoms with van der Waals surface area (Å²) in [5, 5.41) is 1.84. The fourth-order valence-electron chi connectivity index (χ4n) is 4.17. The number of fused-ring (bicyclic) bond motifs is 3. The van der Waals surface area contributed by atoms with Crippen LogP contribution in [0.1, 0.15) is 32.2 Å². The number of Topliss-reactive ketones (excluding diaryl/α,β-unsaturated/α-hetero) is 2. The van der Waals surface area contributed by atoms with E-state index < -0.39 is 0 Å². The van der Waals surface area contributed by atoms with Crippen molar-refractivity contribution in [2.75, 3.05) is 0 Å². The lowest BCUT2D eigenvalue weighted by Gasteiger charge is -2.01. The molecule has 0 aliphatic heterocycles. The van der Waals surface area contributed by atoms with Crippen molar-refractivity contribution in [3.05, 3.63) is 88.8 Å². The number of imidazole rings is 1. The second-order valence-corrected chi connectivity index (χ2v) is 8.00. The van der Waals surface area contributed by atoms with Gasteiger partial charge < -0.3 is 8.98 Å². The fraction of sp³-hybridized carbons (Fsp3) is 0.0769. The third-order valence-electron chi connectivity index (χ3n) is 5.89. The van der Waals surface area contributed by atoms with E-state index in [4.69, 9.17) is 4.42 Å². The zero-order valence-corrected chi connectivity index (χ0v) is 17.4. The molecule has 0 saturated heterocycles. The van der Waals surface area contributed by atoms with Gasteiger partial charge in [-0.1, -0.05) is 54.1 Å². The van der Waals surface area contributed by atoms with Gasteiger partial charge in [0.1, 0.15) is 5.82 Å². The second-order valence-electron chi connectivity index (χ2n) is 8.00. The molecule has 154 valence electrons. The summed E-state index contributed by atoms with van der Waals surface area (Å²) < 4.78 is 7.62. The molecule has 0 spiro atoms. The molecule has 0 saturated carbocycles. The summed E-state index contributed by atoms with van der Waals surface area (Å²) in [5.41, 5.74) is 3.91. The number of ketones is 2. The van der Waals surface area contributed by atoms with Gasteiger partial charge in [-0.3, -0.25) is 9.59 Å². The van der Waals surface area contributed by atoms with E-state index in [1.165, 1.54) is 11.6 Å². The molecule has 1 aliphatic carbocycles. The lowest BCUT2D eigenvalue weighted by molar-refractivity contribution is 0.0990. The molecular weight excluding hydrogens is 402 g/mol. The van der Waals surface area contributed by atoms with E-state index in [0.717, 1.165) is 22.2 Å². The number of carbonyl (C=O) groups excluding carboxylic acids is 2. The highest BCUT2D eigenvalue weighted by Gasteiger charge is 2.34. The molecule has 6 rings (SSSR count). The molecule has 0 unspecified atom stereocenters. The summed E-state index contributed by atoms with van der Waals surface area (Å²) in [7, 11) is 1.86. The third-order valence-corrected chi connectivity index (χ3v) is 5.89. The Bertz CT molecular complexity index is 1560. The summed E-state index contributed by atoms with van der Waals surface area (Å²) in [5.74, 6) is 0.290. The summed E-state index contributed by atoms with van der Waals surface area (Å²) in [6.07, 6.45) is 1.42. The molecule has 0 bridgehead atoms. The molecule has 32 heavy (non-hydrogen) atoms. The average Bonchev–Trinajstić information content (AvgIpc) is 3.41. The molecule has 5 aromatic rings. The van der Waals surface area contributed by atoms with E-state index in [9.17, 15) is 9.59 Å². The van der Waals surface area contributed by atoms with Crippen LogP contribution < -0.4 is 0 Å². The molecule has 6 heteroatoms. The Kier molecular flexibility index (Phi) is 3.80. The minimum atomic E-state index is -0.314. The second kappa shape index (κ2) is 6.59. The van der Waals surface area contributed by atoms with Gasteiger partial charge in [-0.25, -0.2) is 0 Å². The van der Waals surface area contributed by atoms with Crippen molar-refractivity contribution in [3.8, 4) is 11.4 Å². The molecule has 0 radical (unpaired) electrons. The number of allylic oxidation sites excluding steroid dienone is 1. The predicted octanol–water partition coefficient (Wildman–Crippen LogP) is 5.15. The quantitative estimate of drug-likeness (QED) is 0.292. The molecule has 1 aliphatic rings. The zero-order chi connectivity index (χ0) is 22.0. The van der Waals surface area contributed by atoms with Gasteiger partial charge in [0.2, 0.25) is 11.5 Å². The monoisotopic (exact) mass is 419 g/mol. The summed E-state index contributed by atoms with van der Waals surface area (Å²) in [6.45, 7) is 2.03. The maximum absolute atomic E-state index is 13.0. The molecule has 6 nitrogen and oxygen atoms in total. The van der Waals surface area contributed by atoms with Crippen molar-refractivity contribution >= 4 is 39.8 Å². The van der Waals surface area contributed by atoms with Crippen LogP contribution in [0.25, 0.3) is 39.6 Å². The Morgan fingerprint density at radius 2 is 1.50 bits per heavy atom. The average molecular weight is 419 g/mol. The molecule has 0 fully saturated rings. The zero-order valence-electron chi connectivity index (χ0n) is 17.4. The van der Waals surface area contributed by atoms with Gasteiger partial charge in [-0.05, 0) is 29.8 Å². The SMILES string of the molecule is Cc1ccc(-c2nc3oc(C=C4C(=O)c5cc6ccccc6cc5C4=O)nc3n2C)cc1. The Morgan fingerprint density at radius 3 is 2.09 bits per heavy atom. The first kappa shape index (κ1) is 18.4. The van der Waals surface area contributed by atoms with E-state index in [-0.39, 0.29) is 23.0 Å². The molecule has 3 aromatic carbocycles. The summed E-state index contributed by atoms with van der Waals surface area (Å²) in [4.78, 5) is 35.0. The minimum absolute atomic E-state index is 0.0561. The van der Waals surface area contributed by atoms with Gasteiger partial charge >= 0.3 is 0 Å². The highest BCUT2D eigenvalue weighted by molar-refractivity contribution is 6.41. The smallest absolute Gasteiger partial charge is 0.267 e. The first-order chi connectivity index (χ1) is 15.5. The van der Waals surface area contributed by atoms with Gasteiger partial charge in [-0.2, -0.15) is 9.97 Å². The van der Waals surface area contributed by atoms with E-state index >= 15 is 0 Å². The summed E-state index contributed by atoms with van der Waals surface area (Å²) in [6, 6.07) is 19.2.